The average Bonchev–Trinajstić information content (AvgIpc) is 2.55. The number of rotatable bonds is 3. The van der Waals surface area contributed by atoms with Gasteiger partial charge in [-0.15, -0.1) is 5.10 Å². The fourth-order valence-electron chi connectivity index (χ4n) is 2.36. The Morgan fingerprint density at radius 1 is 1.09 bits per heavy atom. The van der Waals surface area contributed by atoms with Gasteiger partial charge < -0.3 is 29.9 Å². The number of ether oxygens (including phenoxy) is 2. The van der Waals surface area contributed by atoms with Gasteiger partial charge in [-0.05, 0) is 6.07 Å². The van der Waals surface area contributed by atoms with Crippen LogP contribution in [-0.2, 0) is 4.74 Å². The van der Waals surface area contributed by atoms with Gasteiger partial charge in [-0.1, -0.05) is 18.2 Å². The van der Waals surface area contributed by atoms with Gasteiger partial charge in [-0.25, -0.2) is 0 Å². The zero-order chi connectivity index (χ0) is 15.7. The number of hydrogen-bond donors (Lipinski definition) is 4. The van der Waals surface area contributed by atoms with Crippen molar-refractivity contribution in [2.45, 2.75) is 30.7 Å². The van der Waals surface area contributed by atoms with Gasteiger partial charge in [0.25, 0.3) is 0 Å². The number of aromatic nitrogens is 2. The number of aliphatic hydroxyl groups is 4. The van der Waals surface area contributed by atoms with Crippen LogP contribution in [0.15, 0.2) is 30.5 Å². The SMILES string of the molecule is OC[C@H]1O[C@@H](Oc2nncc3ccccc23)[C@H](O)[C@@H](O)[C@H]1O. The van der Waals surface area contributed by atoms with Gasteiger partial charge in [0.15, 0.2) is 0 Å². The molecule has 0 aliphatic carbocycles. The van der Waals surface area contributed by atoms with Crippen molar-refractivity contribution in [1.82, 2.24) is 10.2 Å². The molecule has 0 spiro atoms. The van der Waals surface area contributed by atoms with Crippen LogP contribution in [0.4, 0.5) is 0 Å². The Morgan fingerprint density at radius 3 is 2.64 bits per heavy atom. The second kappa shape index (κ2) is 6.11. The minimum atomic E-state index is -1.50. The molecule has 118 valence electrons. The molecule has 0 saturated carbocycles. The van der Waals surface area contributed by atoms with Crippen LogP contribution < -0.4 is 4.74 Å². The van der Waals surface area contributed by atoms with E-state index in [4.69, 9.17) is 14.6 Å². The molecular formula is C14H16N2O6. The molecule has 0 amide bonds. The molecule has 2 aromatic rings. The van der Waals surface area contributed by atoms with Crippen molar-refractivity contribution in [1.29, 1.82) is 0 Å². The molecule has 0 radical (unpaired) electrons. The molecule has 1 aliphatic heterocycles. The summed E-state index contributed by atoms with van der Waals surface area (Å²) in [6.07, 6.45) is -5.17. The maximum atomic E-state index is 9.96. The Bertz CT molecular complexity index is 647. The highest BCUT2D eigenvalue weighted by atomic mass is 16.7. The Hall–Kier alpha value is -1.84. The molecule has 0 unspecified atom stereocenters. The molecular weight excluding hydrogens is 292 g/mol. The maximum absolute atomic E-state index is 9.96. The first-order valence-electron chi connectivity index (χ1n) is 6.79. The van der Waals surface area contributed by atoms with Gasteiger partial charge in [0.1, 0.15) is 24.4 Å². The van der Waals surface area contributed by atoms with Crippen molar-refractivity contribution in [3.05, 3.63) is 30.5 Å². The molecule has 5 atom stereocenters. The van der Waals surface area contributed by atoms with Crippen LogP contribution in [0.5, 0.6) is 5.88 Å². The van der Waals surface area contributed by atoms with E-state index in [1.807, 2.05) is 12.1 Å². The van der Waals surface area contributed by atoms with Crippen molar-refractivity contribution in [2.24, 2.45) is 0 Å². The third-order valence-electron chi connectivity index (χ3n) is 3.61. The highest BCUT2D eigenvalue weighted by molar-refractivity contribution is 5.85. The summed E-state index contributed by atoms with van der Waals surface area (Å²) in [7, 11) is 0. The standard InChI is InChI=1S/C14H16N2O6/c17-6-9-10(18)11(19)12(20)14(21-9)22-13-8-4-2-1-3-7(8)5-15-16-13/h1-5,9-12,14,17-20H,6H2/t9-,10+,11+,12-,14+/m1/s1. The molecule has 1 fully saturated rings. The highest BCUT2D eigenvalue weighted by Gasteiger charge is 2.45. The van der Waals surface area contributed by atoms with Gasteiger partial charge in [0.2, 0.25) is 12.2 Å². The summed E-state index contributed by atoms with van der Waals surface area (Å²) >= 11 is 0. The maximum Gasteiger partial charge on any atom is 0.243 e. The van der Waals surface area contributed by atoms with Crippen LogP contribution in [0.3, 0.4) is 0 Å². The van der Waals surface area contributed by atoms with Crippen molar-refractivity contribution in [2.75, 3.05) is 6.61 Å². The molecule has 2 heterocycles. The van der Waals surface area contributed by atoms with E-state index >= 15 is 0 Å². The third kappa shape index (κ3) is 2.62. The van der Waals surface area contributed by atoms with E-state index in [9.17, 15) is 15.3 Å². The van der Waals surface area contributed by atoms with Gasteiger partial charge in [-0.2, -0.15) is 5.10 Å². The summed E-state index contributed by atoms with van der Waals surface area (Å²) in [5.41, 5.74) is 0. The fourth-order valence-corrected chi connectivity index (χ4v) is 2.36. The molecule has 3 rings (SSSR count). The van der Waals surface area contributed by atoms with E-state index in [0.717, 1.165) is 5.39 Å². The van der Waals surface area contributed by atoms with Crippen LogP contribution in [0, 0.1) is 0 Å². The lowest BCUT2D eigenvalue weighted by molar-refractivity contribution is -0.278. The summed E-state index contributed by atoms with van der Waals surface area (Å²) in [5, 5.41) is 47.7. The second-order valence-corrected chi connectivity index (χ2v) is 5.05. The Morgan fingerprint density at radius 2 is 1.86 bits per heavy atom. The summed E-state index contributed by atoms with van der Waals surface area (Å²) in [6.45, 7) is -0.522. The van der Waals surface area contributed by atoms with Crippen LogP contribution in [0.2, 0.25) is 0 Å². The Labute approximate surface area is 125 Å². The third-order valence-corrected chi connectivity index (χ3v) is 3.61. The van der Waals surface area contributed by atoms with Crippen LogP contribution >= 0.6 is 0 Å². The smallest absolute Gasteiger partial charge is 0.243 e. The first-order valence-corrected chi connectivity index (χ1v) is 6.79. The molecule has 8 nitrogen and oxygen atoms in total. The van der Waals surface area contributed by atoms with Crippen molar-refractivity contribution < 1.29 is 29.9 Å². The minimum Gasteiger partial charge on any atom is -0.443 e. The van der Waals surface area contributed by atoms with E-state index in [1.165, 1.54) is 0 Å². The van der Waals surface area contributed by atoms with Gasteiger partial charge >= 0.3 is 0 Å². The van der Waals surface area contributed by atoms with Crippen molar-refractivity contribution >= 4 is 10.8 Å². The fraction of sp³-hybridized carbons (Fsp3) is 0.429. The monoisotopic (exact) mass is 308 g/mol. The molecule has 1 aromatic carbocycles. The van der Waals surface area contributed by atoms with E-state index in [1.54, 1.807) is 18.3 Å². The highest BCUT2D eigenvalue weighted by Crippen LogP contribution is 2.27. The predicted octanol–water partition coefficient (Wildman–Crippen LogP) is -1.19. The molecule has 4 N–H and O–H groups in total. The lowest BCUT2D eigenvalue weighted by atomic mass is 9.99. The molecule has 22 heavy (non-hydrogen) atoms. The molecule has 1 aromatic heterocycles. The second-order valence-electron chi connectivity index (χ2n) is 5.05. The van der Waals surface area contributed by atoms with Gasteiger partial charge in [0.05, 0.1) is 12.8 Å². The van der Waals surface area contributed by atoms with Crippen LogP contribution in [0.25, 0.3) is 10.8 Å². The number of nitrogens with zero attached hydrogens (tertiary/aromatic N) is 2. The normalized spacial score (nSPS) is 32.1. The number of benzene rings is 1. The van der Waals surface area contributed by atoms with Gasteiger partial charge in [-0.3, -0.25) is 0 Å². The Kier molecular flexibility index (Phi) is 4.19. The largest absolute Gasteiger partial charge is 0.443 e. The predicted molar refractivity (Wildman–Crippen MR) is 73.9 cm³/mol. The minimum absolute atomic E-state index is 0.127. The molecule has 8 heteroatoms. The number of hydrogen-bond acceptors (Lipinski definition) is 8. The number of fused-ring (bicyclic) bond motifs is 1. The topological polar surface area (TPSA) is 125 Å². The summed E-state index contributed by atoms with van der Waals surface area (Å²) < 4.78 is 10.8. The lowest BCUT2D eigenvalue weighted by Crippen LogP contribution is -2.60. The summed E-state index contributed by atoms with van der Waals surface area (Å²) in [4.78, 5) is 0. The Balaban J connectivity index is 1.87. The zero-order valence-electron chi connectivity index (χ0n) is 11.5. The van der Waals surface area contributed by atoms with Crippen LogP contribution in [-0.4, -0.2) is 67.9 Å². The molecule has 1 saturated heterocycles. The lowest BCUT2D eigenvalue weighted by Gasteiger charge is -2.39. The zero-order valence-corrected chi connectivity index (χ0v) is 11.5. The van der Waals surface area contributed by atoms with E-state index in [0.29, 0.717) is 5.39 Å². The quantitative estimate of drug-likeness (QED) is 0.558. The van der Waals surface area contributed by atoms with E-state index in [-0.39, 0.29) is 5.88 Å². The average molecular weight is 308 g/mol. The molecule has 0 bridgehead atoms. The van der Waals surface area contributed by atoms with E-state index in [2.05, 4.69) is 10.2 Å². The summed E-state index contributed by atoms with van der Waals surface area (Å²) in [5.74, 6) is 0.127. The van der Waals surface area contributed by atoms with Crippen molar-refractivity contribution in [3.63, 3.8) is 0 Å². The first kappa shape index (κ1) is 15.1. The first-order chi connectivity index (χ1) is 10.6. The molecule has 1 aliphatic rings. The summed E-state index contributed by atoms with van der Waals surface area (Å²) in [6, 6.07) is 7.22. The van der Waals surface area contributed by atoms with Crippen LogP contribution in [0.1, 0.15) is 0 Å². The van der Waals surface area contributed by atoms with Gasteiger partial charge in [0, 0.05) is 10.8 Å². The van der Waals surface area contributed by atoms with Crippen molar-refractivity contribution in [3.8, 4) is 5.88 Å². The van der Waals surface area contributed by atoms with E-state index < -0.39 is 37.3 Å². The number of aliphatic hydroxyl groups excluding tert-OH is 4.